The van der Waals surface area contributed by atoms with E-state index in [1.54, 1.807) is 42.5 Å². The van der Waals surface area contributed by atoms with Crippen LogP contribution in [0.1, 0.15) is 43.5 Å². The molecule has 37 heavy (non-hydrogen) atoms. The van der Waals surface area contributed by atoms with Crippen molar-refractivity contribution in [3.63, 3.8) is 0 Å². The van der Waals surface area contributed by atoms with E-state index in [1.165, 1.54) is 19.1 Å². The zero-order valence-electron chi connectivity index (χ0n) is 21.6. The van der Waals surface area contributed by atoms with Crippen LogP contribution in [-0.4, -0.2) is 37.1 Å². The van der Waals surface area contributed by atoms with Crippen LogP contribution >= 0.6 is 0 Å². The van der Waals surface area contributed by atoms with E-state index in [1.807, 2.05) is 38.1 Å². The fourth-order valence-corrected chi connectivity index (χ4v) is 4.45. The van der Waals surface area contributed by atoms with E-state index in [2.05, 4.69) is 6.92 Å². The number of aliphatic hydroxyl groups is 1. The number of Topliss-reactive ketones (excluding diaryl/α,β-unsaturated/α-hetero) is 1. The quantitative estimate of drug-likeness (QED) is 0.243. The normalized spacial score (nSPS) is 16.8. The van der Waals surface area contributed by atoms with Gasteiger partial charge in [0.1, 0.15) is 23.0 Å². The maximum absolute atomic E-state index is 13.4. The number of aryl methyl sites for hydroxylation is 1. The molecule has 7 nitrogen and oxygen atoms in total. The van der Waals surface area contributed by atoms with Gasteiger partial charge in [-0.25, -0.2) is 0 Å². The van der Waals surface area contributed by atoms with Crippen LogP contribution in [0.25, 0.3) is 5.76 Å². The summed E-state index contributed by atoms with van der Waals surface area (Å²) in [7, 11) is 2.99. The van der Waals surface area contributed by atoms with Crippen LogP contribution in [0.2, 0.25) is 0 Å². The number of hydrogen-bond acceptors (Lipinski definition) is 6. The van der Waals surface area contributed by atoms with E-state index in [0.29, 0.717) is 28.5 Å². The lowest BCUT2D eigenvalue weighted by Crippen LogP contribution is -2.29. The lowest BCUT2D eigenvalue weighted by molar-refractivity contribution is -0.132. The molecule has 1 heterocycles. The summed E-state index contributed by atoms with van der Waals surface area (Å²) in [6, 6.07) is 18.7. The number of ether oxygens (including phenoxy) is 3. The predicted octanol–water partition coefficient (Wildman–Crippen LogP) is 5.68. The summed E-state index contributed by atoms with van der Waals surface area (Å²) in [6.07, 6.45) is 0.845. The van der Waals surface area contributed by atoms with Gasteiger partial charge in [-0.1, -0.05) is 31.2 Å². The minimum Gasteiger partial charge on any atom is -0.507 e. The Morgan fingerprint density at radius 3 is 2.14 bits per heavy atom. The smallest absolute Gasteiger partial charge is 0.300 e. The second kappa shape index (κ2) is 10.8. The Bertz CT molecular complexity index is 1330. The summed E-state index contributed by atoms with van der Waals surface area (Å²) < 4.78 is 16.5. The zero-order valence-corrected chi connectivity index (χ0v) is 21.6. The van der Waals surface area contributed by atoms with Gasteiger partial charge in [0.05, 0.1) is 37.5 Å². The van der Waals surface area contributed by atoms with E-state index < -0.39 is 17.7 Å². The lowest BCUT2D eigenvalue weighted by atomic mass is 9.94. The van der Waals surface area contributed by atoms with Crippen molar-refractivity contribution in [2.45, 2.75) is 39.3 Å². The molecule has 1 aliphatic rings. The summed E-state index contributed by atoms with van der Waals surface area (Å²) in [6.45, 7) is 5.91. The molecule has 192 valence electrons. The minimum atomic E-state index is -0.838. The fourth-order valence-electron chi connectivity index (χ4n) is 4.45. The van der Waals surface area contributed by atoms with Gasteiger partial charge in [0, 0.05) is 11.8 Å². The van der Waals surface area contributed by atoms with Gasteiger partial charge in [0.15, 0.2) is 0 Å². The van der Waals surface area contributed by atoms with Gasteiger partial charge >= 0.3 is 0 Å². The highest BCUT2D eigenvalue weighted by molar-refractivity contribution is 6.51. The molecular formula is C30H31NO6. The topological polar surface area (TPSA) is 85.3 Å². The number of rotatable bonds is 8. The van der Waals surface area contributed by atoms with Gasteiger partial charge in [0.2, 0.25) is 0 Å². The molecule has 1 N–H and O–H groups in total. The summed E-state index contributed by atoms with van der Waals surface area (Å²) in [5, 5.41) is 11.5. The first-order valence-corrected chi connectivity index (χ1v) is 12.2. The van der Waals surface area contributed by atoms with E-state index >= 15 is 0 Å². The van der Waals surface area contributed by atoms with Crippen molar-refractivity contribution in [1.29, 1.82) is 0 Å². The molecule has 1 aliphatic heterocycles. The molecule has 0 aliphatic carbocycles. The van der Waals surface area contributed by atoms with Crippen molar-refractivity contribution in [2.24, 2.45) is 0 Å². The Hall–Kier alpha value is -4.26. The number of ketones is 1. The van der Waals surface area contributed by atoms with Crippen LogP contribution in [0.4, 0.5) is 5.69 Å². The monoisotopic (exact) mass is 501 g/mol. The molecule has 4 rings (SSSR count). The van der Waals surface area contributed by atoms with Crippen molar-refractivity contribution >= 4 is 23.1 Å². The zero-order chi connectivity index (χ0) is 26.7. The average molecular weight is 502 g/mol. The van der Waals surface area contributed by atoms with Crippen LogP contribution in [0.3, 0.4) is 0 Å². The Kier molecular flexibility index (Phi) is 7.53. The summed E-state index contributed by atoms with van der Waals surface area (Å²) in [4.78, 5) is 28.3. The molecule has 0 saturated carbocycles. The largest absolute Gasteiger partial charge is 0.507 e. The maximum atomic E-state index is 13.4. The molecule has 1 fully saturated rings. The molecule has 1 saturated heterocycles. The Balaban J connectivity index is 1.89. The number of benzene rings is 3. The molecule has 0 bridgehead atoms. The third-order valence-corrected chi connectivity index (χ3v) is 6.30. The number of carbonyl (C=O) groups is 2. The number of hydrogen-bond donors (Lipinski definition) is 1. The van der Waals surface area contributed by atoms with Crippen molar-refractivity contribution in [3.05, 3.63) is 89.0 Å². The first kappa shape index (κ1) is 25.8. The van der Waals surface area contributed by atoms with Crippen LogP contribution in [-0.2, 0) is 16.0 Å². The van der Waals surface area contributed by atoms with Gasteiger partial charge in [-0.05, 0) is 67.8 Å². The van der Waals surface area contributed by atoms with Crippen LogP contribution in [0.5, 0.6) is 17.2 Å². The highest BCUT2D eigenvalue weighted by Crippen LogP contribution is 2.44. The summed E-state index contributed by atoms with van der Waals surface area (Å²) in [5.41, 5.74) is 2.61. The standard InChI is InChI=1S/C30H31NO6/c1-6-19-7-9-20(10-8-19)27-26(28(32)24-16-15-23(35-4)17-25(24)36-5)29(33)30(34)31(27)21-11-13-22(14-12-21)37-18(2)3/h7-18,27,32H,6H2,1-5H3/b28-26-. The second-order valence-corrected chi connectivity index (χ2v) is 8.99. The van der Waals surface area contributed by atoms with Crippen molar-refractivity contribution in [2.75, 3.05) is 19.1 Å². The molecule has 1 atom stereocenters. The fraction of sp³-hybridized carbons (Fsp3) is 0.267. The summed E-state index contributed by atoms with van der Waals surface area (Å²) in [5.74, 6) is -0.312. The van der Waals surface area contributed by atoms with Gasteiger partial charge < -0.3 is 19.3 Å². The van der Waals surface area contributed by atoms with E-state index in [0.717, 1.165) is 12.0 Å². The Morgan fingerprint density at radius 2 is 1.57 bits per heavy atom. The third-order valence-electron chi connectivity index (χ3n) is 6.30. The van der Waals surface area contributed by atoms with Gasteiger partial charge in [-0.15, -0.1) is 0 Å². The summed E-state index contributed by atoms with van der Waals surface area (Å²) >= 11 is 0. The van der Waals surface area contributed by atoms with Crippen molar-refractivity contribution in [1.82, 2.24) is 0 Å². The lowest BCUT2D eigenvalue weighted by Gasteiger charge is -2.26. The SMILES string of the molecule is CCc1ccc(C2/C(=C(/O)c3ccc(OC)cc3OC)C(=O)C(=O)N2c2ccc(OC(C)C)cc2)cc1. The van der Waals surface area contributed by atoms with E-state index in [-0.39, 0.29) is 23.0 Å². The van der Waals surface area contributed by atoms with Crippen LogP contribution in [0.15, 0.2) is 72.3 Å². The number of methoxy groups -OCH3 is 2. The van der Waals surface area contributed by atoms with Gasteiger partial charge in [-0.3, -0.25) is 14.5 Å². The molecule has 1 unspecified atom stereocenters. The molecule has 3 aromatic rings. The van der Waals surface area contributed by atoms with Crippen LogP contribution in [0, 0.1) is 0 Å². The number of nitrogens with zero attached hydrogens (tertiary/aromatic N) is 1. The second-order valence-electron chi connectivity index (χ2n) is 8.99. The Morgan fingerprint density at radius 1 is 0.919 bits per heavy atom. The number of carbonyl (C=O) groups excluding carboxylic acids is 2. The highest BCUT2D eigenvalue weighted by atomic mass is 16.5. The van der Waals surface area contributed by atoms with Gasteiger partial charge in [0.25, 0.3) is 11.7 Å². The van der Waals surface area contributed by atoms with E-state index in [4.69, 9.17) is 14.2 Å². The number of anilines is 1. The highest BCUT2D eigenvalue weighted by Gasteiger charge is 2.47. The van der Waals surface area contributed by atoms with Gasteiger partial charge in [-0.2, -0.15) is 0 Å². The van der Waals surface area contributed by atoms with Crippen LogP contribution < -0.4 is 19.1 Å². The average Bonchev–Trinajstić information content (AvgIpc) is 3.18. The molecule has 0 spiro atoms. The maximum Gasteiger partial charge on any atom is 0.300 e. The Labute approximate surface area is 216 Å². The molecule has 7 heteroatoms. The molecule has 1 amide bonds. The number of amides is 1. The van der Waals surface area contributed by atoms with Crippen molar-refractivity contribution < 1.29 is 28.9 Å². The first-order valence-electron chi connectivity index (χ1n) is 12.2. The predicted molar refractivity (Wildman–Crippen MR) is 142 cm³/mol. The molecule has 0 aromatic heterocycles. The molecule has 0 radical (unpaired) electrons. The first-order chi connectivity index (χ1) is 17.8. The molecular weight excluding hydrogens is 470 g/mol. The molecule has 3 aromatic carbocycles. The minimum absolute atomic E-state index is 0.00312. The van der Waals surface area contributed by atoms with E-state index in [9.17, 15) is 14.7 Å². The third kappa shape index (κ3) is 5.03. The number of aliphatic hydroxyl groups excluding tert-OH is 1. The van der Waals surface area contributed by atoms with Crippen molar-refractivity contribution in [3.8, 4) is 17.2 Å².